The normalized spacial score (nSPS) is 14.2. The van der Waals surface area contributed by atoms with Gasteiger partial charge < -0.3 is 44.0 Å². The van der Waals surface area contributed by atoms with Crippen molar-refractivity contribution in [1.29, 1.82) is 0 Å². The summed E-state index contributed by atoms with van der Waals surface area (Å²) in [4.78, 5) is 61.4. The first-order valence-corrected chi connectivity index (χ1v) is 13.5. The van der Waals surface area contributed by atoms with Crippen molar-refractivity contribution >= 4 is 41.4 Å². The second kappa shape index (κ2) is 19.7. The highest BCUT2D eigenvalue weighted by atomic mass is 32.2. The summed E-state index contributed by atoms with van der Waals surface area (Å²) in [5.74, 6) is -3.17. The lowest BCUT2D eigenvalue weighted by Crippen LogP contribution is -2.57. The summed E-state index contributed by atoms with van der Waals surface area (Å²) in [6, 6.07) is -4.22. The Balaban J connectivity index is 5.50. The molecule has 0 aromatic heterocycles. The van der Waals surface area contributed by atoms with Crippen LogP contribution >= 0.6 is 11.8 Å². The number of carboxylic acid groups (broad SMARTS) is 1. The van der Waals surface area contributed by atoms with E-state index in [4.69, 9.17) is 22.9 Å². The molecule has 0 spiro atoms. The van der Waals surface area contributed by atoms with Crippen LogP contribution < -0.4 is 38.9 Å². The zero-order valence-electron chi connectivity index (χ0n) is 21.0. The highest BCUT2D eigenvalue weighted by molar-refractivity contribution is 7.98. The van der Waals surface area contributed by atoms with Gasteiger partial charge in [0.15, 0.2) is 0 Å². The molecule has 0 fully saturated rings. The van der Waals surface area contributed by atoms with Gasteiger partial charge in [0.2, 0.25) is 23.6 Å². The van der Waals surface area contributed by atoms with E-state index in [0.29, 0.717) is 50.9 Å². The van der Waals surface area contributed by atoms with Crippen molar-refractivity contribution in [1.82, 2.24) is 16.0 Å². The molecular weight excluding hydrogens is 490 g/mol. The summed E-state index contributed by atoms with van der Waals surface area (Å²) >= 11 is 1.54. The van der Waals surface area contributed by atoms with Gasteiger partial charge in [0.1, 0.15) is 18.1 Å². The number of unbranched alkanes of at least 4 members (excludes halogenated alkanes) is 2. The van der Waals surface area contributed by atoms with Gasteiger partial charge in [-0.2, -0.15) is 11.8 Å². The maximum absolute atomic E-state index is 13.1. The van der Waals surface area contributed by atoms with Gasteiger partial charge in [-0.15, -0.1) is 0 Å². The maximum Gasteiger partial charge on any atom is 0.326 e. The predicted molar refractivity (Wildman–Crippen MR) is 139 cm³/mol. The number of thioether (sulfide) groups is 1. The van der Waals surface area contributed by atoms with Crippen LogP contribution in [0.25, 0.3) is 0 Å². The fraction of sp³-hybridized carbons (Fsp3) is 0.773. The Kier molecular flexibility index (Phi) is 18.4. The third-order valence-corrected chi connectivity index (χ3v) is 6.07. The number of aliphatic carboxylic acids is 1. The molecule has 208 valence electrons. The molecule has 4 amide bonds. The van der Waals surface area contributed by atoms with Gasteiger partial charge in [-0.25, -0.2) is 4.79 Å². The van der Waals surface area contributed by atoms with E-state index in [1.165, 1.54) is 11.8 Å². The Hall–Kier alpha value is -2.42. The monoisotopic (exact) mass is 533 g/mol. The van der Waals surface area contributed by atoms with E-state index in [-0.39, 0.29) is 25.7 Å². The number of amides is 4. The number of primary amides is 1. The summed E-state index contributed by atoms with van der Waals surface area (Å²) in [6.45, 7) is 0.787. The van der Waals surface area contributed by atoms with E-state index < -0.39 is 53.8 Å². The topological polar surface area (TPSA) is 246 Å². The molecule has 0 saturated heterocycles. The van der Waals surface area contributed by atoms with E-state index in [0.717, 1.165) is 0 Å². The van der Waals surface area contributed by atoms with Crippen LogP contribution in [0.4, 0.5) is 0 Å². The van der Waals surface area contributed by atoms with Crippen molar-refractivity contribution < 1.29 is 29.1 Å². The molecule has 0 heterocycles. The Morgan fingerprint density at radius 1 is 0.750 bits per heavy atom. The summed E-state index contributed by atoms with van der Waals surface area (Å²) in [6.07, 6.45) is 4.59. The number of nitrogens with one attached hydrogen (secondary N) is 3. The average Bonchev–Trinajstić information content (AvgIpc) is 2.83. The quantitative estimate of drug-likeness (QED) is 0.0763. The van der Waals surface area contributed by atoms with E-state index >= 15 is 0 Å². The third-order valence-electron chi connectivity index (χ3n) is 5.42. The van der Waals surface area contributed by atoms with Crippen molar-refractivity contribution in [3.63, 3.8) is 0 Å². The maximum atomic E-state index is 13.1. The molecule has 12 N–H and O–H groups in total. The first-order valence-electron chi connectivity index (χ1n) is 12.1. The number of nitrogens with two attached hydrogens (primary N) is 4. The van der Waals surface area contributed by atoms with Gasteiger partial charge in [0.25, 0.3) is 0 Å². The van der Waals surface area contributed by atoms with Crippen molar-refractivity contribution in [3.05, 3.63) is 0 Å². The fourth-order valence-corrected chi connectivity index (χ4v) is 3.76. The fourth-order valence-electron chi connectivity index (χ4n) is 3.27. The van der Waals surface area contributed by atoms with Crippen molar-refractivity contribution in [2.24, 2.45) is 22.9 Å². The number of hydrogen-bond donors (Lipinski definition) is 8. The number of rotatable bonds is 21. The molecule has 0 aromatic carbocycles. The minimum Gasteiger partial charge on any atom is -0.480 e. The summed E-state index contributed by atoms with van der Waals surface area (Å²) in [7, 11) is 0. The molecule has 0 radical (unpaired) electrons. The molecular formula is C22H43N7O6S. The molecule has 14 heteroatoms. The smallest absolute Gasteiger partial charge is 0.326 e. The second-order valence-corrected chi connectivity index (χ2v) is 9.47. The van der Waals surface area contributed by atoms with Gasteiger partial charge in [0, 0.05) is 6.42 Å². The zero-order chi connectivity index (χ0) is 27.5. The molecule has 0 aliphatic carbocycles. The van der Waals surface area contributed by atoms with Crippen molar-refractivity contribution in [2.45, 2.75) is 82.0 Å². The molecule has 13 nitrogen and oxygen atoms in total. The van der Waals surface area contributed by atoms with E-state index in [2.05, 4.69) is 16.0 Å². The summed E-state index contributed by atoms with van der Waals surface area (Å²) in [5.41, 5.74) is 22.1. The first-order chi connectivity index (χ1) is 17.1. The van der Waals surface area contributed by atoms with Crippen LogP contribution in [0.15, 0.2) is 0 Å². The number of carboxylic acids is 1. The number of carbonyl (C=O) groups is 5. The lowest BCUT2D eigenvalue weighted by atomic mass is 10.0. The van der Waals surface area contributed by atoms with Crippen LogP contribution in [0, 0.1) is 0 Å². The van der Waals surface area contributed by atoms with Crippen LogP contribution in [0.5, 0.6) is 0 Å². The lowest BCUT2D eigenvalue weighted by molar-refractivity contribution is -0.142. The molecule has 0 aromatic rings. The minimum absolute atomic E-state index is 0.140. The van der Waals surface area contributed by atoms with Gasteiger partial charge in [-0.05, 0) is 76.5 Å². The molecule has 36 heavy (non-hydrogen) atoms. The van der Waals surface area contributed by atoms with Gasteiger partial charge in [-0.1, -0.05) is 0 Å². The Morgan fingerprint density at radius 3 is 1.69 bits per heavy atom. The van der Waals surface area contributed by atoms with Crippen LogP contribution in [-0.2, 0) is 24.0 Å². The highest BCUT2D eigenvalue weighted by Crippen LogP contribution is 2.07. The van der Waals surface area contributed by atoms with Crippen molar-refractivity contribution in [3.8, 4) is 0 Å². The van der Waals surface area contributed by atoms with Crippen LogP contribution in [0.1, 0.15) is 57.8 Å². The average molecular weight is 534 g/mol. The lowest BCUT2D eigenvalue weighted by Gasteiger charge is -2.25. The summed E-state index contributed by atoms with van der Waals surface area (Å²) in [5, 5.41) is 17.0. The highest BCUT2D eigenvalue weighted by Gasteiger charge is 2.30. The molecule has 0 rings (SSSR count). The first kappa shape index (κ1) is 33.6. The molecule has 0 aliphatic heterocycles. The Bertz CT molecular complexity index is 712. The van der Waals surface area contributed by atoms with Crippen LogP contribution in [0.3, 0.4) is 0 Å². The molecule has 4 atom stereocenters. The second-order valence-electron chi connectivity index (χ2n) is 8.48. The van der Waals surface area contributed by atoms with Crippen LogP contribution in [-0.4, -0.2) is 84.0 Å². The number of carbonyl (C=O) groups excluding carboxylic acids is 4. The predicted octanol–water partition coefficient (Wildman–Crippen LogP) is -1.87. The Morgan fingerprint density at radius 2 is 1.22 bits per heavy atom. The minimum atomic E-state index is -1.24. The SMILES string of the molecule is CSCCC(N)C(=O)NC(CCCCN)C(=O)NC(CCC(N)=O)C(=O)NC(CCCCN)C(=O)O. The van der Waals surface area contributed by atoms with Crippen molar-refractivity contribution in [2.75, 3.05) is 25.1 Å². The van der Waals surface area contributed by atoms with E-state index in [1.807, 2.05) is 6.26 Å². The summed E-state index contributed by atoms with van der Waals surface area (Å²) < 4.78 is 0. The van der Waals surface area contributed by atoms with Gasteiger partial charge in [-0.3, -0.25) is 19.2 Å². The molecule has 0 bridgehead atoms. The molecule has 4 unspecified atom stereocenters. The molecule has 0 saturated carbocycles. The zero-order valence-corrected chi connectivity index (χ0v) is 21.8. The standard InChI is InChI=1S/C22H43N7O6S/c1-36-13-10-14(25)19(31)27-15(6-2-4-11-23)20(32)28-16(8-9-18(26)30)21(33)29-17(22(34)35)7-3-5-12-24/h14-17H,2-13,23-25H2,1H3,(H2,26,30)(H,27,31)(H,28,32)(H,29,33)(H,34,35). The van der Waals surface area contributed by atoms with Crippen LogP contribution in [0.2, 0.25) is 0 Å². The molecule has 0 aliphatic rings. The van der Waals surface area contributed by atoms with Gasteiger partial charge in [0.05, 0.1) is 6.04 Å². The number of hydrogen-bond acceptors (Lipinski definition) is 9. The Labute approximate surface area is 216 Å². The van der Waals surface area contributed by atoms with Gasteiger partial charge >= 0.3 is 5.97 Å². The van der Waals surface area contributed by atoms with E-state index in [1.54, 1.807) is 0 Å². The third kappa shape index (κ3) is 14.9. The largest absolute Gasteiger partial charge is 0.480 e. The van der Waals surface area contributed by atoms with E-state index in [9.17, 15) is 29.1 Å².